The summed E-state index contributed by atoms with van der Waals surface area (Å²) in [6, 6.07) is 10.8. The van der Waals surface area contributed by atoms with E-state index in [1.165, 1.54) is 18.2 Å². The Morgan fingerprint density at radius 1 is 1.15 bits per heavy atom. The number of nitrogen functional groups attached to an aromatic ring is 1. The molecule has 3 rings (SSSR count). The lowest BCUT2D eigenvalue weighted by Gasteiger charge is -2.33. The number of nitrogens with two attached hydrogens (primary N) is 2. The summed E-state index contributed by atoms with van der Waals surface area (Å²) in [6.07, 6.45) is 1.70. The lowest BCUT2D eigenvalue weighted by atomic mass is 9.97. The Hall–Kier alpha value is -3.09. The summed E-state index contributed by atoms with van der Waals surface area (Å²) < 4.78 is 13.3. The van der Waals surface area contributed by atoms with E-state index in [0.717, 1.165) is 25.1 Å². The molecule has 1 aliphatic rings. The fourth-order valence-corrected chi connectivity index (χ4v) is 3.10. The molecule has 2 aromatic carbocycles. The third kappa shape index (κ3) is 3.93. The average Bonchev–Trinajstić information content (AvgIpc) is 2.65. The second kappa shape index (κ2) is 7.43. The quantitative estimate of drug-likeness (QED) is 0.732. The van der Waals surface area contributed by atoms with Gasteiger partial charge in [0.1, 0.15) is 5.82 Å². The van der Waals surface area contributed by atoms with Crippen molar-refractivity contribution in [3.8, 4) is 0 Å². The highest BCUT2D eigenvalue weighted by Crippen LogP contribution is 2.24. The second-order valence-electron chi connectivity index (χ2n) is 6.42. The Bertz CT molecular complexity index is 823. The van der Waals surface area contributed by atoms with Crippen LogP contribution < -0.4 is 21.7 Å². The largest absolute Gasteiger partial charge is 0.397 e. The molecular formula is C19H21FN4O2. The molecule has 2 aromatic rings. The van der Waals surface area contributed by atoms with E-state index in [2.05, 4.69) is 10.2 Å². The van der Waals surface area contributed by atoms with E-state index < -0.39 is 5.82 Å². The van der Waals surface area contributed by atoms with Gasteiger partial charge in [0.25, 0.3) is 5.91 Å². The number of nitrogens with one attached hydrogen (secondary N) is 1. The summed E-state index contributed by atoms with van der Waals surface area (Å²) in [5, 5.41) is 2.61. The monoisotopic (exact) mass is 356 g/mol. The second-order valence-corrected chi connectivity index (χ2v) is 6.42. The van der Waals surface area contributed by atoms with Gasteiger partial charge in [0.2, 0.25) is 5.91 Å². The molecule has 1 heterocycles. The van der Waals surface area contributed by atoms with Crippen LogP contribution in [-0.2, 0) is 4.79 Å². The van der Waals surface area contributed by atoms with Gasteiger partial charge in [-0.25, -0.2) is 4.39 Å². The van der Waals surface area contributed by atoms with E-state index in [0.29, 0.717) is 17.8 Å². The maximum Gasteiger partial charge on any atom is 0.255 e. The predicted octanol–water partition coefficient (Wildman–Crippen LogP) is 2.36. The van der Waals surface area contributed by atoms with Crippen LogP contribution in [0.1, 0.15) is 23.2 Å². The molecule has 0 radical (unpaired) electrons. The van der Waals surface area contributed by atoms with Crippen molar-refractivity contribution in [3.05, 3.63) is 53.8 Å². The maximum absolute atomic E-state index is 13.3. The Morgan fingerprint density at radius 3 is 2.58 bits per heavy atom. The minimum atomic E-state index is -0.473. The third-order valence-electron chi connectivity index (χ3n) is 4.58. The number of hydrogen-bond acceptors (Lipinski definition) is 4. The van der Waals surface area contributed by atoms with E-state index in [9.17, 15) is 14.0 Å². The van der Waals surface area contributed by atoms with Crippen molar-refractivity contribution >= 4 is 28.9 Å². The highest BCUT2D eigenvalue weighted by molar-refractivity contribution is 6.05. The summed E-state index contributed by atoms with van der Waals surface area (Å²) in [4.78, 5) is 25.8. The van der Waals surface area contributed by atoms with Crippen LogP contribution in [0.3, 0.4) is 0 Å². The van der Waals surface area contributed by atoms with E-state index >= 15 is 0 Å². The molecule has 1 atom stereocenters. The SMILES string of the molecule is NC(=O)C1CCCN(c2ccc(C(=O)Nc3cc(F)ccc3N)cc2)C1. The summed E-state index contributed by atoms with van der Waals surface area (Å²) in [5.41, 5.74) is 13.1. The fourth-order valence-electron chi connectivity index (χ4n) is 3.10. The molecule has 0 saturated carbocycles. The number of hydrogen-bond donors (Lipinski definition) is 3. The fraction of sp³-hybridized carbons (Fsp3) is 0.263. The van der Waals surface area contributed by atoms with Gasteiger partial charge in [-0.3, -0.25) is 9.59 Å². The Balaban J connectivity index is 1.70. The molecular weight excluding hydrogens is 335 g/mol. The number of halogens is 1. The third-order valence-corrected chi connectivity index (χ3v) is 4.58. The lowest BCUT2D eigenvalue weighted by Crippen LogP contribution is -2.41. The number of amides is 2. The highest BCUT2D eigenvalue weighted by atomic mass is 19.1. The van der Waals surface area contributed by atoms with Crippen LogP contribution in [0.15, 0.2) is 42.5 Å². The van der Waals surface area contributed by atoms with Gasteiger partial charge < -0.3 is 21.7 Å². The number of primary amides is 1. The first-order valence-corrected chi connectivity index (χ1v) is 8.45. The van der Waals surface area contributed by atoms with Crippen molar-refractivity contribution in [1.82, 2.24) is 0 Å². The van der Waals surface area contributed by atoms with E-state index in [1.54, 1.807) is 12.1 Å². The van der Waals surface area contributed by atoms with Crippen LogP contribution in [0.5, 0.6) is 0 Å². The van der Waals surface area contributed by atoms with Crippen molar-refractivity contribution < 1.29 is 14.0 Å². The summed E-state index contributed by atoms with van der Waals surface area (Å²) in [7, 11) is 0. The average molecular weight is 356 g/mol. The lowest BCUT2D eigenvalue weighted by molar-refractivity contribution is -0.122. The minimum Gasteiger partial charge on any atom is -0.397 e. The molecule has 26 heavy (non-hydrogen) atoms. The molecule has 2 amide bonds. The highest BCUT2D eigenvalue weighted by Gasteiger charge is 2.24. The maximum atomic E-state index is 13.3. The first-order chi connectivity index (χ1) is 12.4. The van der Waals surface area contributed by atoms with E-state index in [-0.39, 0.29) is 23.4 Å². The Morgan fingerprint density at radius 2 is 1.88 bits per heavy atom. The number of anilines is 3. The first-order valence-electron chi connectivity index (χ1n) is 8.45. The van der Waals surface area contributed by atoms with Crippen molar-refractivity contribution in [2.45, 2.75) is 12.8 Å². The predicted molar refractivity (Wildman–Crippen MR) is 99.3 cm³/mol. The first kappa shape index (κ1) is 17.7. The molecule has 1 fully saturated rings. The van der Waals surface area contributed by atoms with Crippen molar-refractivity contribution in [1.29, 1.82) is 0 Å². The van der Waals surface area contributed by atoms with Crippen LogP contribution in [0.4, 0.5) is 21.5 Å². The molecule has 0 aromatic heterocycles. The molecule has 1 unspecified atom stereocenters. The minimum absolute atomic E-state index is 0.150. The molecule has 0 aliphatic carbocycles. The van der Waals surface area contributed by atoms with Crippen LogP contribution in [0.25, 0.3) is 0 Å². The van der Waals surface area contributed by atoms with Crippen LogP contribution >= 0.6 is 0 Å². The number of rotatable bonds is 4. The topological polar surface area (TPSA) is 101 Å². The zero-order valence-corrected chi connectivity index (χ0v) is 14.2. The molecule has 1 aliphatic heterocycles. The van der Waals surface area contributed by atoms with Gasteiger partial charge in [-0.2, -0.15) is 0 Å². The van der Waals surface area contributed by atoms with Crippen LogP contribution in [-0.4, -0.2) is 24.9 Å². The molecule has 7 heteroatoms. The summed E-state index contributed by atoms with van der Waals surface area (Å²) in [5.74, 6) is -1.28. The number of nitrogens with zero attached hydrogens (tertiary/aromatic N) is 1. The van der Waals surface area contributed by atoms with Gasteiger partial charge in [0, 0.05) is 24.3 Å². The normalized spacial score (nSPS) is 17.0. The van der Waals surface area contributed by atoms with Gasteiger partial charge in [-0.15, -0.1) is 0 Å². The van der Waals surface area contributed by atoms with E-state index in [1.807, 2.05) is 12.1 Å². The van der Waals surface area contributed by atoms with Crippen molar-refractivity contribution in [3.63, 3.8) is 0 Å². The zero-order valence-electron chi connectivity index (χ0n) is 14.2. The molecule has 0 spiro atoms. The van der Waals surface area contributed by atoms with Crippen LogP contribution in [0, 0.1) is 11.7 Å². The van der Waals surface area contributed by atoms with Gasteiger partial charge in [0.15, 0.2) is 0 Å². The summed E-state index contributed by atoms with van der Waals surface area (Å²) in [6.45, 7) is 1.43. The van der Waals surface area contributed by atoms with Gasteiger partial charge in [-0.1, -0.05) is 0 Å². The molecule has 5 N–H and O–H groups in total. The Labute approximate surface area is 151 Å². The zero-order chi connectivity index (χ0) is 18.7. The van der Waals surface area contributed by atoms with Gasteiger partial charge in [-0.05, 0) is 55.3 Å². The Kier molecular flexibility index (Phi) is 5.06. The number of carbonyl (C=O) groups excluding carboxylic acids is 2. The smallest absolute Gasteiger partial charge is 0.255 e. The van der Waals surface area contributed by atoms with Crippen molar-refractivity contribution in [2.24, 2.45) is 11.7 Å². The molecule has 0 bridgehead atoms. The standard InChI is InChI=1S/C19H21FN4O2/c20-14-5-8-16(21)17(10-14)23-19(26)12-3-6-15(7-4-12)24-9-1-2-13(11-24)18(22)25/h3-8,10,13H,1-2,9,11,21H2,(H2,22,25)(H,23,26). The van der Waals surface area contributed by atoms with Gasteiger partial charge >= 0.3 is 0 Å². The molecule has 6 nitrogen and oxygen atoms in total. The molecule has 1 saturated heterocycles. The van der Waals surface area contributed by atoms with Crippen LogP contribution in [0.2, 0.25) is 0 Å². The van der Waals surface area contributed by atoms with Crippen molar-refractivity contribution in [2.75, 3.05) is 29.0 Å². The number of piperidine rings is 1. The number of carbonyl (C=O) groups is 2. The summed E-state index contributed by atoms with van der Waals surface area (Å²) >= 11 is 0. The number of benzene rings is 2. The van der Waals surface area contributed by atoms with E-state index in [4.69, 9.17) is 11.5 Å². The molecule has 136 valence electrons. The van der Waals surface area contributed by atoms with Gasteiger partial charge in [0.05, 0.1) is 17.3 Å².